The molecule has 0 saturated carbocycles. The SMILES string of the molecule is CCOc1cc(/C=N\NC(=O)C(=O)NCc2ccc(OC)cc2)cc(Br)c1OCC(=O)Nc1ccccc1C(F)(F)F. The van der Waals surface area contributed by atoms with Crippen LogP contribution in [0.15, 0.2) is 70.2 Å². The summed E-state index contributed by atoms with van der Waals surface area (Å²) < 4.78 is 56.1. The van der Waals surface area contributed by atoms with E-state index in [-0.39, 0.29) is 24.7 Å². The number of carbonyl (C=O) groups excluding carboxylic acids is 3. The lowest BCUT2D eigenvalue weighted by Gasteiger charge is -2.16. The minimum atomic E-state index is -4.65. The second-order valence-electron chi connectivity index (χ2n) is 8.37. The number of amides is 3. The molecule has 0 aliphatic carbocycles. The molecule has 10 nitrogen and oxygen atoms in total. The molecule has 42 heavy (non-hydrogen) atoms. The third-order valence-corrected chi connectivity index (χ3v) is 5.97. The number of alkyl halides is 3. The van der Waals surface area contributed by atoms with Crippen molar-refractivity contribution in [3.63, 3.8) is 0 Å². The number of anilines is 1. The Morgan fingerprint density at radius 1 is 1.00 bits per heavy atom. The summed E-state index contributed by atoms with van der Waals surface area (Å²) in [6, 6.07) is 14.6. The van der Waals surface area contributed by atoms with E-state index in [1.807, 2.05) is 0 Å². The fourth-order valence-corrected chi connectivity index (χ4v) is 4.03. The number of para-hydroxylation sites is 1. The number of methoxy groups -OCH3 is 1. The molecule has 0 radical (unpaired) electrons. The van der Waals surface area contributed by atoms with Crippen LogP contribution in [0.3, 0.4) is 0 Å². The minimum absolute atomic E-state index is 0.121. The molecule has 3 N–H and O–H groups in total. The van der Waals surface area contributed by atoms with Crippen molar-refractivity contribution in [2.75, 3.05) is 25.6 Å². The summed E-state index contributed by atoms with van der Waals surface area (Å²) >= 11 is 3.31. The summed E-state index contributed by atoms with van der Waals surface area (Å²) in [6.45, 7) is 1.45. The molecule has 0 aliphatic rings. The predicted octanol–water partition coefficient (Wildman–Crippen LogP) is 4.66. The first kappa shape index (κ1) is 31.9. The van der Waals surface area contributed by atoms with Crippen LogP contribution in [-0.2, 0) is 27.1 Å². The van der Waals surface area contributed by atoms with Crippen molar-refractivity contribution in [3.8, 4) is 17.2 Å². The van der Waals surface area contributed by atoms with Crippen LogP contribution in [0.4, 0.5) is 18.9 Å². The maximum absolute atomic E-state index is 13.2. The maximum Gasteiger partial charge on any atom is 0.418 e. The van der Waals surface area contributed by atoms with E-state index in [9.17, 15) is 27.6 Å². The fourth-order valence-electron chi connectivity index (χ4n) is 3.45. The lowest BCUT2D eigenvalue weighted by molar-refractivity contribution is -0.139. The summed E-state index contributed by atoms with van der Waals surface area (Å²) in [7, 11) is 1.54. The van der Waals surface area contributed by atoms with Gasteiger partial charge in [0.1, 0.15) is 5.75 Å². The molecule has 14 heteroatoms. The first-order valence-electron chi connectivity index (χ1n) is 12.3. The van der Waals surface area contributed by atoms with Crippen LogP contribution >= 0.6 is 15.9 Å². The van der Waals surface area contributed by atoms with Gasteiger partial charge in [-0.2, -0.15) is 18.3 Å². The Hall–Kier alpha value is -4.59. The van der Waals surface area contributed by atoms with E-state index >= 15 is 0 Å². The van der Waals surface area contributed by atoms with Crippen molar-refractivity contribution in [3.05, 3.63) is 81.8 Å². The number of hydrazone groups is 1. The second kappa shape index (κ2) is 14.9. The number of nitrogens with one attached hydrogen (secondary N) is 3. The lowest BCUT2D eigenvalue weighted by atomic mass is 10.1. The smallest absolute Gasteiger partial charge is 0.418 e. The molecule has 0 aromatic heterocycles. The van der Waals surface area contributed by atoms with E-state index in [0.29, 0.717) is 15.8 Å². The van der Waals surface area contributed by atoms with Gasteiger partial charge in [0, 0.05) is 6.54 Å². The lowest BCUT2D eigenvalue weighted by Crippen LogP contribution is -2.37. The van der Waals surface area contributed by atoms with Gasteiger partial charge in [-0.15, -0.1) is 0 Å². The second-order valence-corrected chi connectivity index (χ2v) is 9.23. The molecule has 3 rings (SSSR count). The van der Waals surface area contributed by atoms with E-state index in [0.717, 1.165) is 17.7 Å². The first-order valence-corrected chi connectivity index (χ1v) is 13.1. The third kappa shape index (κ3) is 9.23. The Labute approximate surface area is 247 Å². The van der Waals surface area contributed by atoms with Crippen LogP contribution < -0.4 is 30.3 Å². The van der Waals surface area contributed by atoms with Crippen LogP contribution in [0, 0.1) is 0 Å². The fraction of sp³-hybridized carbons (Fsp3) is 0.214. The molecule has 0 aliphatic heterocycles. The molecule has 0 bridgehead atoms. The Morgan fingerprint density at radius 2 is 1.71 bits per heavy atom. The molecule has 3 aromatic rings. The van der Waals surface area contributed by atoms with Gasteiger partial charge in [-0.1, -0.05) is 24.3 Å². The van der Waals surface area contributed by atoms with Gasteiger partial charge in [0.25, 0.3) is 5.91 Å². The molecule has 3 aromatic carbocycles. The number of ether oxygens (including phenoxy) is 3. The highest BCUT2D eigenvalue weighted by Crippen LogP contribution is 2.37. The average molecular weight is 651 g/mol. The molecule has 0 unspecified atom stereocenters. The summed E-state index contributed by atoms with van der Waals surface area (Å²) in [6.07, 6.45) is -3.39. The average Bonchev–Trinajstić information content (AvgIpc) is 2.95. The Bertz CT molecular complexity index is 1450. The number of benzene rings is 3. The predicted molar refractivity (Wildman–Crippen MR) is 151 cm³/mol. The van der Waals surface area contributed by atoms with Crippen LogP contribution in [0.25, 0.3) is 0 Å². The molecular weight excluding hydrogens is 625 g/mol. The first-order chi connectivity index (χ1) is 20.0. The number of hydrogen-bond donors (Lipinski definition) is 3. The molecule has 0 fully saturated rings. The van der Waals surface area contributed by atoms with Crippen molar-refractivity contribution >= 4 is 45.6 Å². The monoisotopic (exact) mass is 650 g/mol. The minimum Gasteiger partial charge on any atom is -0.497 e. The van der Waals surface area contributed by atoms with Crippen LogP contribution in [0.1, 0.15) is 23.6 Å². The molecular formula is C28H26BrF3N4O6. The number of hydrogen-bond acceptors (Lipinski definition) is 7. The number of halogens is 4. The van der Waals surface area contributed by atoms with E-state index in [2.05, 4.69) is 37.1 Å². The van der Waals surface area contributed by atoms with Gasteiger partial charge >= 0.3 is 18.0 Å². The van der Waals surface area contributed by atoms with Gasteiger partial charge in [0.2, 0.25) is 0 Å². The van der Waals surface area contributed by atoms with Crippen molar-refractivity contribution in [2.24, 2.45) is 5.10 Å². The zero-order valence-corrected chi connectivity index (χ0v) is 24.0. The zero-order chi connectivity index (χ0) is 30.7. The van der Waals surface area contributed by atoms with Crippen molar-refractivity contribution in [1.82, 2.24) is 10.7 Å². The van der Waals surface area contributed by atoms with Gasteiger partial charge < -0.3 is 24.8 Å². The van der Waals surface area contributed by atoms with Gasteiger partial charge in [0.05, 0.1) is 35.7 Å². The topological polar surface area (TPSA) is 127 Å². The maximum atomic E-state index is 13.2. The van der Waals surface area contributed by atoms with E-state index in [1.54, 1.807) is 31.2 Å². The Kier molecular flexibility index (Phi) is 11.3. The Balaban J connectivity index is 1.59. The number of carbonyl (C=O) groups is 3. The molecule has 0 saturated heterocycles. The molecule has 222 valence electrons. The highest BCUT2D eigenvalue weighted by Gasteiger charge is 2.33. The zero-order valence-electron chi connectivity index (χ0n) is 22.4. The van der Waals surface area contributed by atoms with E-state index in [1.165, 1.54) is 37.6 Å². The summed E-state index contributed by atoms with van der Waals surface area (Å²) in [5.74, 6) is -1.72. The van der Waals surface area contributed by atoms with Crippen LogP contribution in [-0.4, -0.2) is 44.3 Å². The van der Waals surface area contributed by atoms with Gasteiger partial charge in [-0.3, -0.25) is 14.4 Å². The molecule has 3 amide bonds. The molecule has 0 heterocycles. The normalized spacial score (nSPS) is 11.1. The van der Waals surface area contributed by atoms with Gasteiger partial charge in [-0.05, 0) is 70.4 Å². The molecule has 0 atom stereocenters. The summed E-state index contributed by atoms with van der Waals surface area (Å²) in [5, 5.41) is 8.47. The van der Waals surface area contributed by atoms with Crippen molar-refractivity contribution in [2.45, 2.75) is 19.6 Å². The summed E-state index contributed by atoms with van der Waals surface area (Å²) in [5.41, 5.74) is 1.94. The van der Waals surface area contributed by atoms with Crippen molar-refractivity contribution in [1.29, 1.82) is 0 Å². The number of nitrogens with zero attached hydrogens (tertiary/aromatic N) is 1. The van der Waals surface area contributed by atoms with E-state index < -0.39 is 41.8 Å². The van der Waals surface area contributed by atoms with Gasteiger partial charge in [-0.25, -0.2) is 5.43 Å². The standard InChI is InChI=1S/C28H26BrF3N4O6/c1-3-41-23-13-18(15-34-36-27(39)26(38)33-14-17-8-10-19(40-2)11-9-17)12-21(29)25(23)42-16-24(37)35-22-7-5-4-6-20(22)28(30,31)32/h4-13,15H,3,14,16H2,1-2H3,(H,33,38)(H,35,37)(H,36,39)/b34-15-. The highest BCUT2D eigenvalue weighted by molar-refractivity contribution is 9.10. The third-order valence-electron chi connectivity index (χ3n) is 5.38. The van der Waals surface area contributed by atoms with Gasteiger partial charge in [0.15, 0.2) is 18.1 Å². The van der Waals surface area contributed by atoms with E-state index in [4.69, 9.17) is 14.2 Å². The quantitative estimate of drug-likeness (QED) is 0.157. The van der Waals surface area contributed by atoms with Crippen LogP contribution in [0.2, 0.25) is 0 Å². The highest BCUT2D eigenvalue weighted by atomic mass is 79.9. The summed E-state index contributed by atoms with van der Waals surface area (Å²) in [4.78, 5) is 36.5. The van der Waals surface area contributed by atoms with Crippen molar-refractivity contribution < 1.29 is 41.8 Å². The molecule has 0 spiro atoms. The Morgan fingerprint density at radius 3 is 2.38 bits per heavy atom. The van der Waals surface area contributed by atoms with Crippen LogP contribution in [0.5, 0.6) is 17.2 Å². The largest absolute Gasteiger partial charge is 0.497 e. The number of rotatable bonds is 11.